The summed E-state index contributed by atoms with van der Waals surface area (Å²) in [6.07, 6.45) is 3.63. The van der Waals surface area contributed by atoms with Crippen molar-refractivity contribution in [3.05, 3.63) is 34.7 Å². The Labute approximate surface area is 201 Å². The number of nitrogen functional groups attached to an aromatic ring is 1. The van der Waals surface area contributed by atoms with Gasteiger partial charge in [0.2, 0.25) is 0 Å². The molecule has 0 radical (unpaired) electrons. The summed E-state index contributed by atoms with van der Waals surface area (Å²) in [6, 6.07) is 3.77. The molecule has 2 saturated heterocycles. The number of aryl methyl sites for hydroxylation is 1. The lowest BCUT2D eigenvalue weighted by molar-refractivity contribution is 0.0974. The first-order valence-electron chi connectivity index (χ1n) is 11.0. The summed E-state index contributed by atoms with van der Waals surface area (Å²) in [5, 5.41) is 15.6. The molecule has 2 fully saturated rings. The Morgan fingerprint density at radius 2 is 2.12 bits per heavy atom. The van der Waals surface area contributed by atoms with Crippen molar-refractivity contribution in [1.29, 1.82) is 0 Å². The van der Waals surface area contributed by atoms with Gasteiger partial charge in [-0.05, 0) is 38.8 Å². The maximum Gasteiger partial charge on any atom is 0.155 e. The van der Waals surface area contributed by atoms with E-state index in [4.69, 9.17) is 32.8 Å². The van der Waals surface area contributed by atoms with Crippen molar-refractivity contribution in [1.82, 2.24) is 19.6 Å². The van der Waals surface area contributed by atoms with E-state index in [-0.39, 0.29) is 30.0 Å². The number of aromatic nitrogens is 4. The number of rotatable bonds is 4. The van der Waals surface area contributed by atoms with Crippen LogP contribution in [0.2, 0.25) is 5.02 Å². The highest BCUT2D eigenvalue weighted by Crippen LogP contribution is 2.43. The van der Waals surface area contributed by atoms with Crippen molar-refractivity contribution in [2.75, 3.05) is 30.3 Å². The molecule has 3 aromatic rings. The Morgan fingerprint density at radius 3 is 2.79 bits per heavy atom. The van der Waals surface area contributed by atoms with Crippen LogP contribution in [0.1, 0.15) is 31.2 Å². The zero-order chi connectivity index (χ0) is 23.3. The van der Waals surface area contributed by atoms with Gasteiger partial charge in [0.15, 0.2) is 5.82 Å². The quantitative estimate of drug-likeness (QED) is 0.506. The molecule has 9 nitrogen and oxygen atoms in total. The number of aliphatic hydroxyl groups is 1. The van der Waals surface area contributed by atoms with Crippen molar-refractivity contribution < 1.29 is 9.84 Å². The van der Waals surface area contributed by atoms with Gasteiger partial charge in [-0.15, -0.1) is 0 Å². The second kappa shape index (κ2) is 8.59. The highest BCUT2D eigenvalue weighted by molar-refractivity contribution is 7.99. The van der Waals surface area contributed by atoms with E-state index in [9.17, 15) is 5.11 Å². The number of pyridine rings is 1. The van der Waals surface area contributed by atoms with Crippen molar-refractivity contribution >= 4 is 40.5 Å². The van der Waals surface area contributed by atoms with Gasteiger partial charge in [-0.2, -0.15) is 5.10 Å². The fraction of sp³-hybridized carbons (Fsp3) is 0.500. The number of aliphatic hydroxyl groups excluding tert-OH is 1. The Hall–Kier alpha value is -2.11. The normalized spacial score (nSPS) is 22.5. The van der Waals surface area contributed by atoms with Crippen LogP contribution in [0.15, 0.2) is 28.3 Å². The van der Waals surface area contributed by atoms with Gasteiger partial charge in [0.05, 0.1) is 35.7 Å². The number of nitrogens with two attached hydrogens (primary N) is 2. The molecule has 11 heteroatoms. The zero-order valence-corrected chi connectivity index (χ0v) is 20.2. The van der Waals surface area contributed by atoms with E-state index in [1.807, 2.05) is 23.6 Å². The number of hydrogen-bond donors (Lipinski definition) is 3. The second-order valence-corrected chi connectivity index (χ2v) is 10.3. The first-order valence-corrected chi connectivity index (χ1v) is 12.2. The highest BCUT2D eigenvalue weighted by Gasteiger charge is 2.47. The van der Waals surface area contributed by atoms with Gasteiger partial charge < -0.3 is 26.2 Å². The average Bonchev–Trinajstić information content (AvgIpc) is 3.36. The lowest BCUT2D eigenvalue weighted by atomic mass is 9.73. The van der Waals surface area contributed by atoms with Gasteiger partial charge in [-0.1, -0.05) is 23.4 Å². The maximum atomic E-state index is 9.77. The minimum Gasteiger partial charge on any atom is -0.390 e. The molecule has 0 aliphatic carbocycles. The molecule has 0 amide bonds. The van der Waals surface area contributed by atoms with Crippen LogP contribution in [0, 0.1) is 12.3 Å². The van der Waals surface area contributed by atoms with Crippen LogP contribution < -0.4 is 16.4 Å². The summed E-state index contributed by atoms with van der Waals surface area (Å²) < 4.78 is 7.71. The van der Waals surface area contributed by atoms with E-state index < -0.39 is 0 Å². The van der Waals surface area contributed by atoms with Crippen LogP contribution in [-0.2, 0) is 11.3 Å². The minimum atomic E-state index is -0.152. The predicted molar refractivity (Wildman–Crippen MR) is 129 cm³/mol. The third-order valence-corrected chi connectivity index (χ3v) is 8.65. The monoisotopic (exact) mass is 489 g/mol. The van der Waals surface area contributed by atoms with Crippen LogP contribution in [-0.4, -0.2) is 56.5 Å². The van der Waals surface area contributed by atoms with Crippen LogP contribution >= 0.6 is 23.4 Å². The number of ether oxygens (including phenoxy) is 1. The number of anilines is 2. The summed E-state index contributed by atoms with van der Waals surface area (Å²) in [7, 11) is 0. The SMILES string of the molecule is Cc1nc(N2CCC3(CC2)CO[C@@H](C)[C@H]3N)c2cc(CO)nn2c1Sc1ccnc(N)c1Cl. The molecular weight excluding hydrogens is 462 g/mol. The number of halogens is 1. The fourth-order valence-corrected chi connectivity index (χ4v) is 6.03. The molecule has 176 valence electrons. The zero-order valence-electron chi connectivity index (χ0n) is 18.7. The molecule has 1 spiro atoms. The smallest absolute Gasteiger partial charge is 0.155 e. The van der Waals surface area contributed by atoms with E-state index >= 15 is 0 Å². The summed E-state index contributed by atoms with van der Waals surface area (Å²) in [6.45, 7) is 6.26. The Kier molecular flexibility index (Phi) is 5.90. The lowest BCUT2D eigenvalue weighted by Gasteiger charge is -2.41. The fourth-order valence-electron chi connectivity index (χ4n) is 4.85. The van der Waals surface area contributed by atoms with Crippen molar-refractivity contribution in [2.24, 2.45) is 11.1 Å². The van der Waals surface area contributed by atoms with E-state index in [0.29, 0.717) is 10.7 Å². The third kappa shape index (κ3) is 3.83. The van der Waals surface area contributed by atoms with Crippen LogP contribution in [0.5, 0.6) is 0 Å². The molecule has 5 rings (SSSR count). The maximum absolute atomic E-state index is 9.77. The summed E-state index contributed by atoms with van der Waals surface area (Å²) in [5.74, 6) is 1.14. The molecule has 2 aliphatic rings. The molecule has 5 N–H and O–H groups in total. The van der Waals surface area contributed by atoms with Gasteiger partial charge in [0.1, 0.15) is 16.4 Å². The molecule has 33 heavy (non-hydrogen) atoms. The van der Waals surface area contributed by atoms with Crippen molar-refractivity contribution in [2.45, 2.75) is 55.4 Å². The van der Waals surface area contributed by atoms with E-state index in [0.717, 1.165) is 59.5 Å². The molecule has 0 unspecified atom stereocenters. The van der Waals surface area contributed by atoms with Crippen LogP contribution in [0.4, 0.5) is 11.6 Å². The first-order chi connectivity index (χ1) is 15.8. The first kappa shape index (κ1) is 22.7. The molecule has 0 aromatic carbocycles. The number of hydrogen-bond acceptors (Lipinski definition) is 9. The van der Waals surface area contributed by atoms with Gasteiger partial charge in [-0.3, -0.25) is 0 Å². The number of nitrogens with zero attached hydrogens (tertiary/aromatic N) is 5. The molecule has 2 atom stereocenters. The van der Waals surface area contributed by atoms with Crippen molar-refractivity contribution in [3.8, 4) is 0 Å². The second-order valence-electron chi connectivity index (χ2n) is 8.92. The Bertz CT molecular complexity index is 1200. The van der Waals surface area contributed by atoms with E-state index in [1.165, 1.54) is 11.8 Å². The third-order valence-electron chi connectivity index (χ3n) is 6.92. The summed E-state index contributed by atoms with van der Waals surface area (Å²) >= 11 is 7.82. The van der Waals surface area contributed by atoms with Gasteiger partial charge >= 0.3 is 0 Å². The van der Waals surface area contributed by atoms with E-state index in [2.05, 4.69) is 21.9 Å². The molecule has 0 bridgehead atoms. The molecule has 3 aromatic heterocycles. The lowest BCUT2D eigenvalue weighted by Crippen LogP contribution is -2.50. The molecule has 2 aliphatic heterocycles. The van der Waals surface area contributed by atoms with Crippen molar-refractivity contribution in [3.63, 3.8) is 0 Å². The topological polar surface area (TPSA) is 128 Å². The average molecular weight is 490 g/mol. The van der Waals surface area contributed by atoms with Crippen LogP contribution in [0.25, 0.3) is 5.52 Å². The van der Waals surface area contributed by atoms with E-state index in [1.54, 1.807) is 6.20 Å². The van der Waals surface area contributed by atoms with Gasteiger partial charge in [-0.25, -0.2) is 14.5 Å². The molecular formula is C22H28ClN7O2S. The van der Waals surface area contributed by atoms with Gasteiger partial charge in [0, 0.05) is 35.6 Å². The predicted octanol–water partition coefficient (Wildman–Crippen LogP) is 2.64. The van der Waals surface area contributed by atoms with Crippen LogP contribution in [0.3, 0.4) is 0 Å². The Morgan fingerprint density at radius 1 is 1.36 bits per heavy atom. The Balaban J connectivity index is 1.50. The summed E-state index contributed by atoms with van der Waals surface area (Å²) in [4.78, 5) is 12.1. The molecule has 0 saturated carbocycles. The molecule has 5 heterocycles. The standard InChI is InChI=1S/C22H28ClN7O2S/c1-12-21(33-16-3-6-26-19(25)17(16)23)30-15(9-14(10-31)28-30)20(27-12)29-7-4-22(5-8-29)11-32-13(2)18(22)24/h3,6,9,13,18,31H,4-5,7-8,10-11,24H2,1-2H3,(H2,25,26)/t13-,18+/m0/s1. The summed E-state index contributed by atoms with van der Waals surface area (Å²) in [5.41, 5.74) is 14.7. The van der Waals surface area contributed by atoms with Gasteiger partial charge in [0.25, 0.3) is 0 Å². The number of fused-ring (bicyclic) bond motifs is 1. The minimum absolute atomic E-state index is 0.0333. The number of piperidine rings is 1. The largest absolute Gasteiger partial charge is 0.390 e. The highest BCUT2D eigenvalue weighted by atomic mass is 35.5.